The lowest BCUT2D eigenvalue weighted by Crippen LogP contribution is -2.60. The Morgan fingerprint density at radius 3 is 2.43 bits per heavy atom. The summed E-state index contributed by atoms with van der Waals surface area (Å²) in [7, 11) is -4.13. The number of benzene rings is 2. The average Bonchev–Trinajstić information content (AvgIpc) is 4.06. The molecule has 6 atom stereocenters. The van der Waals surface area contributed by atoms with Crippen molar-refractivity contribution in [1.82, 2.24) is 20.3 Å². The smallest absolute Gasteiger partial charge is 0.407 e. The van der Waals surface area contributed by atoms with Crippen LogP contribution in [0, 0.1) is 17.3 Å². The number of alkyl halides is 2. The molecule has 2 aromatic rings. The molecule has 3 aliphatic carbocycles. The zero-order chi connectivity index (χ0) is 40.2. The molecule has 3 fully saturated rings. The van der Waals surface area contributed by atoms with Crippen molar-refractivity contribution >= 4 is 45.6 Å². The Labute approximate surface area is 324 Å². The summed E-state index contributed by atoms with van der Waals surface area (Å²) in [6, 6.07) is 11.2. The Balaban J connectivity index is 1.23. The van der Waals surface area contributed by atoms with Crippen molar-refractivity contribution in [3.05, 3.63) is 65.2 Å². The summed E-state index contributed by atoms with van der Waals surface area (Å²) in [5, 5.41) is 8.90. The van der Waals surface area contributed by atoms with Crippen molar-refractivity contribution in [2.45, 2.75) is 102 Å². The Morgan fingerprint density at radius 1 is 1.04 bits per heavy atom. The number of ether oxygens (including phenoxy) is 1. The number of hydrogen-bond acceptors (Lipinski definition) is 9. The molecule has 3 N–H and O–H groups in total. The predicted octanol–water partition coefficient (Wildman–Crippen LogP) is 4.74. The number of sulfonamides is 1. The molecule has 1 saturated heterocycles. The topological polar surface area (TPSA) is 173 Å². The number of hydrogen-bond donors (Lipinski definition) is 3. The first-order valence-corrected chi connectivity index (χ1v) is 20.6. The number of halogens is 2. The molecule has 300 valence electrons. The van der Waals surface area contributed by atoms with Gasteiger partial charge in [0.1, 0.15) is 29.4 Å². The van der Waals surface area contributed by atoms with Crippen LogP contribution in [-0.2, 0) is 34.0 Å². The highest BCUT2D eigenvalue weighted by atomic mass is 32.2. The molecule has 56 heavy (non-hydrogen) atoms. The molecule has 16 heteroatoms. The van der Waals surface area contributed by atoms with Gasteiger partial charge >= 0.3 is 6.09 Å². The van der Waals surface area contributed by atoms with Crippen LogP contribution in [0.25, 0.3) is 17.2 Å². The van der Waals surface area contributed by atoms with Crippen molar-refractivity contribution in [3.8, 4) is 11.1 Å². The number of nitrogens with zero attached hydrogens (tertiary/aromatic N) is 2. The van der Waals surface area contributed by atoms with Gasteiger partial charge in [-0.25, -0.2) is 22.0 Å². The molecule has 0 unspecified atom stereocenters. The maximum Gasteiger partial charge on any atom is 0.407 e. The summed E-state index contributed by atoms with van der Waals surface area (Å²) >= 11 is 0. The molecule has 0 aromatic heterocycles. The fourth-order valence-electron chi connectivity index (χ4n) is 7.67. The zero-order valence-corrected chi connectivity index (χ0v) is 32.5. The van der Waals surface area contributed by atoms with Crippen molar-refractivity contribution in [1.29, 1.82) is 0 Å². The average molecular weight is 796 g/mol. The first-order valence-electron chi connectivity index (χ1n) is 19.0. The summed E-state index contributed by atoms with van der Waals surface area (Å²) in [5.41, 5.74) is 1.98. The molecule has 2 heterocycles. The van der Waals surface area contributed by atoms with Crippen LogP contribution in [-0.4, -0.2) is 91.4 Å². The maximum atomic E-state index is 14.5. The van der Waals surface area contributed by atoms with Gasteiger partial charge in [0, 0.05) is 17.5 Å². The van der Waals surface area contributed by atoms with Gasteiger partial charge < -0.3 is 25.1 Å². The van der Waals surface area contributed by atoms with Gasteiger partial charge in [-0.15, -0.1) is 0 Å². The second-order valence-corrected chi connectivity index (χ2v) is 18.6. The fraction of sp³-hybridized carbons (Fsp3) is 0.525. The predicted molar refractivity (Wildman–Crippen MR) is 203 cm³/mol. The minimum atomic E-state index is -4.13. The third kappa shape index (κ3) is 7.89. The normalized spacial score (nSPS) is 29.5. The van der Waals surface area contributed by atoms with E-state index in [0.717, 1.165) is 40.7 Å². The summed E-state index contributed by atoms with van der Waals surface area (Å²) < 4.78 is 61.0. The lowest BCUT2D eigenvalue weighted by Gasteiger charge is -2.35. The van der Waals surface area contributed by atoms with Crippen LogP contribution >= 0.6 is 0 Å². The number of oxime groups is 1. The Bertz CT molecular complexity index is 2100. The number of cyclic esters (lactones) is 1. The van der Waals surface area contributed by atoms with Gasteiger partial charge in [-0.05, 0) is 66.2 Å². The number of nitrogens with one attached hydrogen (secondary N) is 3. The van der Waals surface area contributed by atoms with Gasteiger partial charge in [0.25, 0.3) is 5.91 Å². The summed E-state index contributed by atoms with van der Waals surface area (Å²) in [5.74, 6) is -4.51. The van der Waals surface area contributed by atoms with Crippen LogP contribution in [0.2, 0.25) is 0 Å². The molecular weight excluding hydrogens is 749 g/mol. The number of amides is 4. The highest BCUT2D eigenvalue weighted by molar-refractivity contribution is 7.91. The second kappa shape index (κ2) is 14.9. The molecule has 0 spiro atoms. The van der Waals surface area contributed by atoms with Gasteiger partial charge in [-0.3, -0.25) is 19.1 Å². The van der Waals surface area contributed by atoms with Gasteiger partial charge in [0.05, 0.1) is 24.3 Å². The van der Waals surface area contributed by atoms with E-state index in [1.807, 2.05) is 60.2 Å². The highest BCUT2D eigenvalue weighted by Gasteiger charge is 2.67. The Kier molecular flexibility index (Phi) is 10.5. The number of carbonyl (C=O) groups is 4. The summed E-state index contributed by atoms with van der Waals surface area (Å²) in [4.78, 5) is 62.6. The number of allylic oxidation sites excluding steroid dienone is 1. The molecule has 5 aliphatic rings. The number of fused-ring (bicyclic) bond motifs is 6. The lowest BCUT2D eigenvalue weighted by molar-refractivity contribution is -0.143. The van der Waals surface area contributed by atoms with Crippen molar-refractivity contribution in [3.63, 3.8) is 0 Å². The van der Waals surface area contributed by atoms with E-state index in [1.165, 1.54) is 4.90 Å². The molecule has 4 amide bonds. The minimum absolute atomic E-state index is 0.000813. The van der Waals surface area contributed by atoms with E-state index in [0.29, 0.717) is 18.6 Å². The van der Waals surface area contributed by atoms with Gasteiger partial charge in [-0.1, -0.05) is 81.4 Å². The summed E-state index contributed by atoms with van der Waals surface area (Å²) in [6.45, 7) is 7.06. The first kappa shape index (κ1) is 39.4. The maximum absolute atomic E-state index is 14.5. The lowest BCUT2D eigenvalue weighted by atomic mass is 9.85. The van der Waals surface area contributed by atoms with Gasteiger partial charge in [-0.2, -0.15) is 0 Å². The second-order valence-electron chi connectivity index (χ2n) is 16.7. The minimum Gasteiger partial charge on any atom is -0.449 e. The van der Waals surface area contributed by atoms with E-state index in [1.54, 1.807) is 20.8 Å². The largest absolute Gasteiger partial charge is 0.449 e. The van der Waals surface area contributed by atoms with E-state index in [2.05, 4.69) is 21.9 Å². The zero-order valence-electron chi connectivity index (χ0n) is 31.7. The molecule has 2 saturated carbocycles. The number of alkyl carbamates (subject to hydrolysis) is 1. The third-order valence-electron chi connectivity index (χ3n) is 11.2. The fourth-order valence-corrected chi connectivity index (χ4v) is 9.04. The van der Waals surface area contributed by atoms with Gasteiger partial charge in [0.15, 0.2) is 0 Å². The van der Waals surface area contributed by atoms with Crippen LogP contribution in [0.1, 0.15) is 82.9 Å². The Hall–Kier alpha value is -4.86. The van der Waals surface area contributed by atoms with Crippen molar-refractivity contribution < 1.29 is 46.0 Å². The van der Waals surface area contributed by atoms with Crippen LogP contribution in [0.5, 0.6) is 0 Å². The standard InChI is InChI=1S/C40H47F2N5O8S/c1-22-9-5-6-10-23-13-16-27-26-11-7-8-12-28(26)32(29(27)17-23)45-55-24-18-31(47(20-24)36(49)33(39(2,3)4)43-38(51)54-21-22)35(48)44-40(19-30(40)34(41)42)37(50)46-56(52,53)25-14-15-25/h6-8,10-13,16-17,22,24-25,30-31,33-34H,5,9,14-15,18-21H2,1-4H3,(H,43,51)(H,44,48)(H,46,50)/b10-6+,45-32+/t22-,24-,30+,31+,33-,40+/m1/s1. The monoisotopic (exact) mass is 795 g/mol. The molecule has 7 rings (SSSR count). The molecule has 13 nitrogen and oxygen atoms in total. The van der Waals surface area contributed by atoms with Crippen LogP contribution in [0.15, 0.2) is 53.7 Å². The molecule has 0 radical (unpaired) electrons. The number of carbonyl (C=O) groups excluding carboxylic acids is 4. The third-order valence-corrected chi connectivity index (χ3v) is 13.0. The molecule has 2 aromatic carbocycles. The van der Waals surface area contributed by atoms with Crippen LogP contribution in [0.3, 0.4) is 0 Å². The molecule has 2 aliphatic heterocycles. The first-order chi connectivity index (χ1) is 26.5. The van der Waals surface area contributed by atoms with Crippen LogP contribution < -0.4 is 15.4 Å². The Morgan fingerprint density at radius 2 is 1.75 bits per heavy atom. The quantitative estimate of drug-likeness (QED) is 0.321. The van der Waals surface area contributed by atoms with Crippen molar-refractivity contribution in [2.24, 2.45) is 22.4 Å². The van der Waals surface area contributed by atoms with Crippen molar-refractivity contribution in [2.75, 3.05) is 13.2 Å². The number of rotatable bonds is 6. The van der Waals surface area contributed by atoms with E-state index < -0.39 is 87.0 Å². The van der Waals surface area contributed by atoms with Gasteiger partial charge in [0.2, 0.25) is 28.3 Å². The molecule has 4 bridgehead atoms. The van der Waals surface area contributed by atoms with E-state index in [-0.39, 0.29) is 25.5 Å². The SMILES string of the molecule is C[C@@H]1CC/C=C/c2ccc3c(c2)/C(=N/O[C@@H]2C[C@@H](C(=O)N[C@@]4(C(=O)NS(=O)(=O)C5CC5)C[C@H]4C(F)F)N(C2)C(=O)[C@H](C(C)(C)C)NC(=O)OC1)c1ccccc1-3. The van der Waals surface area contributed by atoms with E-state index in [9.17, 15) is 36.4 Å². The highest BCUT2D eigenvalue weighted by Crippen LogP contribution is 2.48. The van der Waals surface area contributed by atoms with E-state index >= 15 is 0 Å². The van der Waals surface area contributed by atoms with E-state index in [4.69, 9.17) is 9.57 Å². The van der Waals surface area contributed by atoms with Crippen LogP contribution in [0.4, 0.5) is 13.6 Å². The molecular formula is C40H47F2N5O8S. The summed E-state index contributed by atoms with van der Waals surface area (Å²) in [6.07, 6.45) is 0.795.